The molecule has 1 aromatic carbocycles. The topological polar surface area (TPSA) is 300 Å². The molecule has 1 atom stereocenters. The van der Waals surface area contributed by atoms with Crippen molar-refractivity contribution in [2.45, 2.75) is 96.4 Å². The van der Waals surface area contributed by atoms with E-state index >= 15 is 0 Å². The fourth-order valence-corrected chi connectivity index (χ4v) is 6.59. The smallest absolute Gasteiger partial charge is 0.335 e. The van der Waals surface area contributed by atoms with Crippen molar-refractivity contribution in [2.75, 3.05) is 84.8 Å². The van der Waals surface area contributed by atoms with E-state index in [2.05, 4.69) is 26.0 Å². The number of carboxylic acids is 2. The average Bonchev–Trinajstić information content (AvgIpc) is 3.22. The molecule has 1 aromatic rings. The molecule has 0 radical (unpaired) electrons. The minimum atomic E-state index is -3.86. The van der Waals surface area contributed by atoms with E-state index in [1.165, 1.54) is 19.1 Å². The van der Waals surface area contributed by atoms with Crippen LogP contribution in [0, 0.1) is 0 Å². The van der Waals surface area contributed by atoms with Gasteiger partial charge >= 0.3 is 11.9 Å². The standard InChI is InChI=1S/C41H67N5O16S/c1-32(47)42-19-9-8-12-35(41(54)55)45-39(51)31-61-28-26-59-24-21-44-38(50)30-60-27-25-58-23-20-43-36(48)14-11-29-63(56,57)46-37(49)13-7-5-3-2-4-6-10-22-62-34-17-15-33(16-18-34)40(52)53/h15-18,35H,2-14,19-31H2,1H3,(H,42,47)(H,43,48)(H,44,50)(H,45,51)(H,46,49)(H,52,53)(H,54,55)/t35-/m0/s1. The van der Waals surface area contributed by atoms with E-state index in [-0.39, 0.29) is 121 Å². The van der Waals surface area contributed by atoms with Crippen molar-refractivity contribution in [2.24, 2.45) is 0 Å². The summed E-state index contributed by atoms with van der Waals surface area (Å²) in [5.74, 6) is -3.92. The van der Waals surface area contributed by atoms with E-state index in [4.69, 9.17) is 28.8 Å². The minimum Gasteiger partial charge on any atom is -0.494 e. The number of rotatable bonds is 40. The van der Waals surface area contributed by atoms with Crippen LogP contribution in [0.2, 0.25) is 0 Å². The van der Waals surface area contributed by atoms with Gasteiger partial charge in [-0.15, -0.1) is 0 Å². The number of aromatic carboxylic acids is 1. The highest BCUT2D eigenvalue weighted by atomic mass is 32.2. The van der Waals surface area contributed by atoms with E-state index in [1.54, 1.807) is 12.1 Å². The fraction of sp³-hybridized carbons (Fsp3) is 0.683. The molecule has 1 rings (SSSR count). The summed E-state index contributed by atoms with van der Waals surface area (Å²) in [7, 11) is -3.86. The number of sulfonamides is 1. The van der Waals surface area contributed by atoms with Crippen molar-refractivity contribution >= 4 is 51.5 Å². The number of benzene rings is 1. The molecule has 0 unspecified atom stereocenters. The van der Waals surface area contributed by atoms with Gasteiger partial charge in [-0.3, -0.25) is 28.7 Å². The fourth-order valence-electron chi connectivity index (χ4n) is 5.52. The Morgan fingerprint density at radius 1 is 0.571 bits per heavy atom. The third-order valence-electron chi connectivity index (χ3n) is 8.78. The third-order valence-corrected chi connectivity index (χ3v) is 10.1. The molecule has 0 aromatic heterocycles. The van der Waals surface area contributed by atoms with Crippen LogP contribution in [0.15, 0.2) is 24.3 Å². The molecular formula is C41H67N5O16S. The molecule has 0 saturated carbocycles. The molecule has 0 aliphatic carbocycles. The predicted molar refractivity (Wildman–Crippen MR) is 228 cm³/mol. The van der Waals surface area contributed by atoms with Crippen molar-refractivity contribution in [3.63, 3.8) is 0 Å². The zero-order valence-corrected chi connectivity index (χ0v) is 37.1. The zero-order chi connectivity index (χ0) is 46.6. The second-order valence-corrected chi connectivity index (χ2v) is 16.2. The Morgan fingerprint density at radius 3 is 1.73 bits per heavy atom. The largest absolute Gasteiger partial charge is 0.494 e. The molecule has 0 aliphatic heterocycles. The van der Waals surface area contributed by atoms with Crippen LogP contribution < -0.4 is 30.7 Å². The van der Waals surface area contributed by atoms with Crippen LogP contribution in [0.5, 0.6) is 5.75 Å². The maximum atomic E-state index is 12.3. The predicted octanol–water partition coefficient (Wildman–Crippen LogP) is 1.29. The number of nitrogens with one attached hydrogen (secondary N) is 5. The summed E-state index contributed by atoms with van der Waals surface area (Å²) < 4.78 is 53.3. The number of ether oxygens (including phenoxy) is 5. The van der Waals surface area contributed by atoms with E-state index in [1.807, 2.05) is 0 Å². The second-order valence-electron chi connectivity index (χ2n) is 14.3. The lowest BCUT2D eigenvalue weighted by Gasteiger charge is -2.14. The maximum Gasteiger partial charge on any atom is 0.335 e. The number of hydrogen-bond donors (Lipinski definition) is 7. The van der Waals surface area contributed by atoms with Gasteiger partial charge in [0.2, 0.25) is 39.6 Å². The highest BCUT2D eigenvalue weighted by Crippen LogP contribution is 2.14. The average molecular weight is 918 g/mol. The molecule has 358 valence electrons. The molecule has 63 heavy (non-hydrogen) atoms. The normalized spacial score (nSPS) is 11.6. The first kappa shape index (κ1) is 56.1. The van der Waals surface area contributed by atoms with Crippen LogP contribution in [0.3, 0.4) is 0 Å². The highest BCUT2D eigenvalue weighted by molar-refractivity contribution is 7.90. The first-order valence-corrected chi connectivity index (χ1v) is 22.9. The van der Waals surface area contributed by atoms with Gasteiger partial charge < -0.3 is 55.2 Å². The van der Waals surface area contributed by atoms with Crippen molar-refractivity contribution in [1.29, 1.82) is 0 Å². The van der Waals surface area contributed by atoms with Gasteiger partial charge in [0, 0.05) is 39.4 Å². The van der Waals surface area contributed by atoms with Gasteiger partial charge in [0.1, 0.15) is 25.0 Å². The summed E-state index contributed by atoms with van der Waals surface area (Å²) in [6, 6.07) is 5.20. The lowest BCUT2D eigenvalue weighted by molar-refractivity contribution is -0.142. The minimum absolute atomic E-state index is 0.0393. The lowest BCUT2D eigenvalue weighted by atomic mass is 10.1. The Hall–Kier alpha value is -4.90. The van der Waals surface area contributed by atoms with Gasteiger partial charge in [0.05, 0.1) is 57.6 Å². The SMILES string of the molecule is CC(=O)NCCCC[C@H](NC(=O)COCCOCCNC(=O)COCCOCCNC(=O)CCCS(=O)(=O)NC(=O)CCCCCCCCCOc1ccc(C(=O)O)cc1)C(=O)O. The maximum absolute atomic E-state index is 12.3. The Bertz CT molecular complexity index is 1610. The Labute approximate surface area is 369 Å². The van der Waals surface area contributed by atoms with E-state index < -0.39 is 39.8 Å². The molecule has 21 nitrogen and oxygen atoms in total. The number of carbonyl (C=O) groups excluding carboxylic acids is 5. The lowest BCUT2D eigenvalue weighted by Crippen LogP contribution is -2.42. The molecule has 0 heterocycles. The highest BCUT2D eigenvalue weighted by Gasteiger charge is 2.19. The van der Waals surface area contributed by atoms with Gasteiger partial charge in [-0.25, -0.2) is 18.0 Å². The van der Waals surface area contributed by atoms with Crippen LogP contribution in [-0.2, 0) is 57.7 Å². The number of carbonyl (C=O) groups is 7. The number of carboxylic acid groups (broad SMARTS) is 2. The van der Waals surface area contributed by atoms with Crippen LogP contribution in [0.4, 0.5) is 0 Å². The summed E-state index contributed by atoms with van der Waals surface area (Å²) >= 11 is 0. The molecule has 22 heteroatoms. The van der Waals surface area contributed by atoms with Crippen molar-refractivity contribution in [3.8, 4) is 5.75 Å². The molecule has 0 aliphatic rings. The summed E-state index contributed by atoms with van der Waals surface area (Å²) in [6.07, 6.45) is 7.50. The molecule has 5 amide bonds. The first-order valence-electron chi connectivity index (χ1n) is 21.3. The number of aliphatic carboxylic acids is 1. The number of amides is 5. The van der Waals surface area contributed by atoms with Crippen LogP contribution in [-0.4, -0.2) is 151 Å². The van der Waals surface area contributed by atoms with Gasteiger partial charge in [0.15, 0.2) is 0 Å². The van der Waals surface area contributed by atoms with Gasteiger partial charge in [-0.1, -0.05) is 32.1 Å². The van der Waals surface area contributed by atoms with Crippen LogP contribution in [0.25, 0.3) is 0 Å². The molecule has 0 fully saturated rings. The molecule has 0 bridgehead atoms. The summed E-state index contributed by atoms with van der Waals surface area (Å²) in [6.45, 7) is 3.10. The van der Waals surface area contributed by atoms with Crippen molar-refractivity contribution in [1.82, 2.24) is 26.0 Å². The van der Waals surface area contributed by atoms with Gasteiger partial charge in [-0.05, 0) is 62.8 Å². The van der Waals surface area contributed by atoms with Crippen LogP contribution >= 0.6 is 0 Å². The summed E-state index contributed by atoms with van der Waals surface area (Å²) in [5.41, 5.74) is 0.207. The number of hydrogen-bond acceptors (Lipinski definition) is 14. The quantitative estimate of drug-likeness (QED) is 0.0456. The Kier molecular flexibility index (Phi) is 31.7. The molecular weight excluding hydrogens is 851 g/mol. The third kappa shape index (κ3) is 33.3. The van der Waals surface area contributed by atoms with Gasteiger partial charge in [0.25, 0.3) is 0 Å². The molecule has 0 saturated heterocycles. The summed E-state index contributed by atoms with van der Waals surface area (Å²) in [4.78, 5) is 81.2. The first-order chi connectivity index (χ1) is 30.2. The van der Waals surface area contributed by atoms with Crippen molar-refractivity contribution < 1.29 is 75.9 Å². The van der Waals surface area contributed by atoms with Crippen LogP contribution in [0.1, 0.15) is 101 Å². The number of unbranched alkanes of at least 4 members (excludes halogenated alkanes) is 7. The van der Waals surface area contributed by atoms with E-state index in [0.29, 0.717) is 38.2 Å². The molecule has 0 spiro atoms. The van der Waals surface area contributed by atoms with E-state index in [0.717, 1.165) is 38.5 Å². The van der Waals surface area contributed by atoms with Crippen molar-refractivity contribution in [3.05, 3.63) is 29.8 Å². The zero-order valence-electron chi connectivity index (χ0n) is 36.3. The van der Waals surface area contributed by atoms with Gasteiger partial charge in [-0.2, -0.15) is 0 Å². The summed E-state index contributed by atoms with van der Waals surface area (Å²) in [5, 5.41) is 28.5. The Morgan fingerprint density at radius 2 is 1.13 bits per heavy atom. The van der Waals surface area contributed by atoms with E-state index in [9.17, 15) is 47.1 Å². The monoisotopic (exact) mass is 917 g/mol. The molecule has 7 N–H and O–H groups in total. The second kappa shape index (κ2) is 35.5. The Balaban J connectivity index is 1.92.